The molecule has 25 heavy (non-hydrogen) atoms. The van der Waals surface area contributed by atoms with Gasteiger partial charge in [0.1, 0.15) is 11.6 Å². The highest BCUT2D eigenvalue weighted by atomic mass is 32.2. The van der Waals surface area contributed by atoms with E-state index < -0.39 is 26.6 Å². The molecule has 0 atom stereocenters. The molecule has 0 radical (unpaired) electrons. The minimum Gasteiger partial charge on any atom is -0.353 e. The third kappa shape index (κ3) is 4.33. The molecule has 3 rings (SSSR count). The van der Waals surface area contributed by atoms with Crippen molar-refractivity contribution in [1.82, 2.24) is 5.32 Å². The van der Waals surface area contributed by atoms with Crippen LogP contribution in [-0.2, 0) is 21.2 Å². The van der Waals surface area contributed by atoms with Crippen molar-refractivity contribution < 1.29 is 22.0 Å². The van der Waals surface area contributed by atoms with Gasteiger partial charge < -0.3 is 5.32 Å². The molecule has 2 N–H and O–H groups in total. The van der Waals surface area contributed by atoms with Crippen LogP contribution in [0.4, 0.5) is 14.5 Å². The van der Waals surface area contributed by atoms with Gasteiger partial charge in [-0.25, -0.2) is 17.2 Å². The van der Waals surface area contributed by atoms with E-state index in [1.165, 1.54) is 12.1 Å². The molecule has 132 valence electrons. The van der Waals surface area contributed by atoms with Gasteiger partial charge in [-0.2, -0.15) is 0 Å². The number of hydrogen-bond donors (Lipinski definition) is 2. The summed E-state index contributed by atoms with van der Waals surface area (Å²) in [4.78, 5) is 10.7. The number of benzene rings is 2. The highest BCUT2D eigenvalue weighted by molar-refractivity contribution is 7.92. The molecule has 0 heterocycles. The van der Waals surface area contributed by atoms with Gasteiger partial charge in [0.15, 0.2) is 4.90 Å². The van der Waals surface area contributed by atoms with Gasteiger partial charge >= 0.3 is 0 Å². The van der Waals surface area contributed by atoms with Gasteiger partial charge in [-0.05, 0) is 42.7 Å². The molecule has 1 aliphatic carbocycles. The molecule has 0 saturated heterocycles. The number of nitrogens with one attached hydrogen (secondary N) is 2. The average Bonchev–Trinajstić information content (AvgIpc) is 3.32. The molecule has 1 amide bonds. The van der Waals surface area contributed by atoms with E-state index in [0.29, 0.717) is 5.56 Å². The number of anilines is 1. The Balaban J connectivity index is 1.71. The maximum atomic E-state index is 13.7. The van der Waals surface area contributed by atoms with Crippen molar-refractivity contribution in [1.29, 1.82) is 0 Å². The van der Waals surface area contributed by atoms with Crippen molar-refractivity contribution >= 4 is 21.6 Å². The van der Waals surface area contributed by atoms with E-state index in [-0.39, 0.29) is 24.1 Å². The summed E-state index contributed by atoms with van der Waals surface area (Å²) in [6, 6.07) is 9.16. The molecule has 1 aliphatic rings. The van der Waals surface area contributed by atoms with Crippen molar-refractivity contribution in [2.24, 2.45) is 0 Å². The Morgan fingerprint density at radius 1 is 1.04 bits per heavy atom. The molecule has 5 nitrogen and oxygen atoms in total. The second-order valence-corrected chi connectivity index (χ2v) is 7.49. The summed E-state index contributed by atoms with van der Waals surface area (Å²) in [5.41, 5.74) is 0.854. The second-order valence-electron chi connectivity index (χ2n) is 5.87. The number of carbonyl (C=O) groups is 1. The summed E-state index contributed by atoms with van der Waals surface area (Å²) < 4.78 is 53.8. The lowest BCUT2D eigenvalue weighted by molar-refractivity contribution is -0.120. The van der Waals surface area contributed by atoms with Crippen molar-refractivity contribution in [2.75, 3.05) is 4.72 Å². The van der Waals surface area contributed by atoms with E-state index in [1.54, 1.807) is 12.1 Å². The Morgan fingerprint density at radius 2 is 1.64 bits per heavy atom. The minimum absolute atomic E-state index is 0.0933. The highest BCUT2D eigenvalue weighted by Crippen LogP contribution is 2.22. The van der Waals surface area contributed by atoms with Crippen LogP contribution in [0.1, 0.15) is 18.4 Å². The predicted octanol–water partition coefficient (Wildman–Crippen LogP) is 2.59. The highest BCUT2D eigenvalue weighted by Gasteiger charge is 2.24. The summed E-state index contributed by atoms with van der Waals surface area (Å²) in [5, 5.41) is 2.86. The fourth-order valence-electron chi connectivity index (χ4n) is 2.33. The largest absolute Gasteiger partial charge is 0.353 e. The van der Waals surface area contributed by atoms with Crippen molar-refractivity contribution in [3.05, 3.63) is 59.7 Å². The number of amides is 1. The van der Waals surface area contributed by atoms with Crippen LogP contribution in [-0.4, -0.2) is 20.4 Å². The van der Waals surface area contributed by atoms with Gasteiger partial charge in [0.25, 0.3) is 10.0 Å². The number of rotatable bonds is 6. The van der Waals surface area contributed by atoms with Crippen LogP contribution < -0.4 is 10.0 Å². The van der Waals surface area contributed by atoms with E-state index in [0.717, 1.165) is 31.0 Å². The smallest absolute Gasteiger partial charge is 0.267 e. The fourth-order valence-corrected chi connectivity index (χ4v) is 3.53. The third-order valence-corrected chi connectivity index (χ3v) is 5.13. The van der Waals surface area contributed by atoms with Crippen LogP contribution in [0.15, 0.2) is 47.4 Å². The summed E-state index contributed by atoms with van der Waals surface area (Å²) >= 11 is 0. The summed E-state index contributed by atoms with van der Waals surface area (Å²) in [6.07, 6.45) is 2.18. The molecular formula is C17H16F2N2O3S. The number of sulfonamides is 1. The zero-order valence-electron chi connectivity index (χ0n) is 13.1. The first-order valence-electron chi connectivity index (χ1n) is 7.70. The molecule has 2 aromatic rings. The van der Waals surface area contributed by atoms with E-state index >= 15 is 0 Å². The van der Waals surface area contributed by atoms with E-state index in [1.807, 2.05) is 0 Å². The topological polar surface area (TPSA) is 75.3 Å². The molecule has 0 bridgehead atoms. The van der Waals surface area contributed by atoms with E-state index in [2.05, 4.69) is 10.0 Å². The quantitative estimate of drug-likeness (QED) is 0.825. The average molecular weight is 366 g/mol. The monoisotopic (exact) mass is 366 g/mol. The maximum absolute atomic E-state index is 13.7. The van der Waals surface area contributed by atoms with Gasteiger partial charge in [0.2, 0.25) is 5.91 Å². The SMILES string of the molecule is O=C(Cc1ccc(NS(=O)(=O)c2c(F)cccc2F)cc1)NC1CC1. The zero-order chi connectivity index (χ0) is 18.0. The molecule has 0 spiro atoms. The van der Waals surface area contributed by atoms with Gasteiger partial charge in [0.05, 0.1) is 6.42 Å². The fraction of sp³-hybridized carbons (Fsp3) is 0.235. The summed E-state index contributed by atoms with van der Waals surface area (Å²) in [5.74, 6) is -2.43. The number of carbonyl (C=O) groups excluding carboxylic acids is 1. The molecule has 1 fully saturated rings. The second kappa shape index (κ2) is 6.79. The lowest BCUT2D eigenvalue weighted by Gasteiger charge is -2.10. The normalized spacial score (nSPS) is 14.2. The van der Waals surface area contributed by atoms with Gasteiger partial charge in [0, 0.05) is 11.7 Å². The van der Waals surface area contributed by atoms with Crippen molar-refractivity contribution in [3.8, 4) is 0 Å². The van der Waals surface area contributed by atoms with Crippen LogP contribution in [0.25, 0.3) is 0 Å². The Hall–Kier alpha value is -2.48. The standard InChI is InChI=1S/C17H16F2N2O3S/c18-14-2-1-3-15(19)17(14)25(23,24)21-13-6-4-11(5-7-13)10-16(22)20-12-8-9-12/h1-7,12,21H,8-10H2,(H,20,22). The van der Waals surface area contributed by atoms with Gasteiger partial charge in [-0.1, -0.05) is 18.2 Å². The minimum atomic E-state index is -4.40. The Labute approximate surface area is 144 Å². The van der Waals surface area contributed by atoms with E-state index in [4.69, 9.17) is 0 Å². The van der Waals surface area contributed by atoms with Crippen LogP contribution in [0.3, 0.4) is 0 Å². The Kier molecular flexibility index (Phi) is 4.71. The number of hydrogen-bond acceptors (Lipinski definition) is 3. The first-order chi connectivity index (χ1) is 11.8. The van der Waals surface area contributed by atoms with Crippen LogP contribution in [0, 0.1) is 11.6 Å². The maximum Gasteiger partial charge on any atom is 0.267 e. The summed E-state index contributed by atoms with van der Waals surface area (Å²) in [6.45, 7) is 0. The molecular weight excluding hydrogens is 350 g/mol. The third-order valence-electron chi connectivity index (χ3n) is 3.70. The molecule has 1 saturated carbocycles. The lowest BCUT2D eigenvalue weighted by atomic mass is 10.1. The van der Waals surface area contributed by atoms with Gasteiger partial charge in [-0.3, -0.25) is 9.52 Å². The summed E-state index contributed by atoms with van der Waals surface area (Å²) in [7, 11) is -4.40. The van der Waals surface area contributed by atoms with Gasteiger partial charge in [-0.15, -0.1) is 0 Å². The van der Waals surface area contributed by atoms with Crippen LogP contribution >= 0.6 is 0 Å². The molecule has 0 unspecified atom stereocenters. The molecule has 0 aliphatic heterocycles. The van der Waals surface area contributed by atoms with E-state index in [9.17, 15) is 22.0 Å². The first-order valence-corrected chi connectivity index (χ1v) is 9.18. The van der Waals surface area contributed by atoms with Crippen molar-refractivity contribution in [2.45, 2.75) is 30.2 Å². The predicted molar refractivity (Wildman–Crippen MR) is 88.5 cm³/mol. The van der Waals surface area contributed by atoms with Crippen LogP contribution in [0.2, 0.25) is 0 Å². The Bertz CT molecular complexity index is 874. The molecule has 2 aromatic carbocycles. The number of halogens is 2. The van der Waals surface area contributed by atoms with Crippen molar-refractivity contribution in [3.63, 3.8) is 0 Å². The first kappa shape index (κ1) is 17.3. The van der Waals surface area contributed by atoms with Crippen LogP contribution in [0.5, 0.6) is 0 Å². The molecule has 8 heteroatoms. The lowest BCUT2D eigenvalue weighted by Crippen LogP contribution is -2.26. The molecule has 0 aromatic heterocycles. The Morgan fingerprint density at radius 3 is 2.20 bits per heavy atom. The zero-order valence-corrected chi connectivity index (χ0v) is 13.9.